The predicted molar refractivity (Wildman–Crippen MR) is 56.5 cm³/mol. The summed E-state index contributed by atoms with van der Waals surface area (Å²) in [6.07, 6.45) is 1.000. The van der Waals surface area contributed by atoms with Gasteiger partial charge < -0.3 is 15.7 Å². The summed E-state index contributed by atoms with van der Waals surface area (Å²) in [7, 11) is -3.27. The van der Waals surface area contributed by atoms with Crippen LogP contribution in [-0.2, 0) is 14.8 Å². The lowest BCUT2D eigenvalue weighted by Gasteiger charge is -2.10. The van der Waals surface area contributed by atoms with Crippen LogP contribution in [0.2, 0.25) is 0 Å². The van der Waals surface area contributed by atoms with Crippen molar-refractivity contribution in [1.29, 1.82) is 0 Å². The molecule has 16 heavy (non-hydrogen) atoms. The number of hydrogen-bond acceptors (Lipinski definition) is 4. The Bertz CT molecular complexity index is 353. The Kier molecular flexibility index (Phi) is 5.75. The third-order valence-electron chi connectivity index (χ3n) is 1.49. The van der Waals surface area contributed by atoms with Gasteiger partial charge in [0.15, 0.2) is 0 Å². The van der Waals surface area contributed by atoms with Crippen molar-refractivity contribution in [3.8, 4) is 0 Å². The Morgan fingerprint density at radius 3 is 2.31 bits per heavy atom. The van der Waals surface area contributed by atoms with E-state index in [9.17, 15) is 18.0 Å². The van der Waals surface area contributed by atoms with Crippen LogP contribution in [-0.4, -0.2) is 50.9 Å². The Balaban J connectivity index is 3.71. The first-order chi connectivity index (χ1) is 7.22. The first-order valence-electron chi connectivity index (χ1n) is 4.44. The number of carbonyl (C=O) groups excluding carboxylic acids is 1. The number of amides is 2. The molecule has 0 aromatic carbocycles. The van der Waals surface area contributed by atoms with E-state index in [-0.39, 0.29) is 13.1 Å². The number of sulfonamides is 1. The summed E-state index contributed by atoms with van der Waals surface area (Å²) in [5.74, 6) is -1.15. The normalized spacial score (nSPS) is 12.9. The maximum Gasteiger partial charge on any atom is 0.325 e. The topological polar surface area (TPSA) is 125 Å². The molecule has 0 heterocycles. The second kappa shape index (κ2) is 6.28. The first-order valence-corrected chi connectivity index (χ1v) is 6.33. The van der Waals surface area contributed by atoms with Crippen LogP contribution in [0.15, 0.2) is 0 Å². The molecule has 0 spiro atoms. The molecule has 0 aliphatic rings. The third-order valence-corrected chi connectivity index (χ3v) is 2.22. The number of urea groups is 1. The lowest BCUT2D eigenvalue weighted by molar-refractivity contribution is -0.138. The van der Waals surface area contributed by atoms with Gasteiger partial charge in [-0.2, -0.15) is 0 Å². The Hall–Kier alpha value is -1.35. The highest BCUT2D eigenvalue weighted by Crippen LogP contribution is 1.80. The number of rotatable bonds is 6. The second-order valence-electron chi connectivity index (χ2n) is 3.13. The van der Waals surface area contributed by atoms with Crippen LogP contribution >= 0.6 is 0 Å². The van der Waals surface area contributed by atoms with Crippen molar-refractivity contribution in [2.24, 2.45) is 0 Å². The average molecular weight is 253 g/mol. The van der Waals surface area contributed by atoms with Gasteiger partial charge >= 0.3 is 12.0 Å². The van der Waals surface area contributed by atoms with Crippen molar-refractivity contribution in [1.82, 2.24) is 15.4 Å². The summed E-state index contributed by atoms with van der Waals surface area (Å²) in [5, 5.41) is 12.9. The SMILES string of the molecule is C[C@@H](NC(=O)NCCNS(C)(=O)=O)C(=O)O. The molecule has 0 fully saturated rings. The molecule has 0 saturated carbocycles. The van der Waals surface area contributed by atoms with Crippen molar-refractivity contribution < 1.29 is 23.1 Å². The number of hydrogen-bond donors (Lipinski definition) is 4. The summed E-state index contributed by atoms with van der Waals surface area (Å²) in [6.45, 7) is 1.44. The summed E-state index contributed by atoms with van der Waals surface area (Å²) < 4.78 is 23.4. The highest BCUT2D eigenvalue weighted by molar-refractivity contribution is 7.88. The summed E-state index contributed by atoms with van der Waals surface area (Å²) in [5.41, 5.74) is 0. The van der Waals surface area contributed by atoms with Crippen LogP contribution in [0.5, 0.6) is 0 Å². The first kappa shape index (κ1) is 14.6. The van der Waals surface area contributed by atoms with Crippen LogP contribution < -0.4 is 15.4 Å². The van der Waals surface area contributed by atoms with Gasteiger partial charge in [0.25, 0.3) is 0 Å². The quantitative estimate of drug-likeness (QED) is 0.420. The molecule has 9 heteroatoms. The molecule has 0 unspecified atom stereocenters. The van der Waals surface area contributed by atoms with E-state index in [2.05, 4.69) is 15.4 Å². The Labute approximate surface area is 93.5 Å². The monoisotopic (exact) mass is 253 g/mol. The van der Waals surface area contributed by atoms with Crippen molar-refractivity contribution in [2.75, 3.05) is 19.3 Å². The van der Waals surface area contributed by atoms with E-state index >= 15 is 0 Å². The standard InChI is InChI=1S/C7H15N3O5S/c1-5(6(11)12)10-7(13)8-3-4-9-16(2,14)15/h5,9H,3-4H2,1-2H3,(H,11,12)(H2,8,10,13)/t5-/m1/s1. The minimum Gasteiger partial charge on any atom is -0.480 e. The largest absolute Gasteiger partial charge is 0.480 e. The third kappa shape index (κ3) is 8.00. The number of carbonyl (C=O) groups is 2. The number of nitrogens with one attached hydrogen (secondary N) is 3. The van der Waals surface area contributed by atoms with Crippen LogP contribution in [0.1, 0.15) is 6.92 Å². The minimum absolute atomic E-state index is 0.0493. The van der Waals surface area contributed by atoms with Gasteiger partial charge in [-0.15, -0.1) is 0 Å². The number of aliphatic carboxylic acids is 1. The average Bonchev–Trinajstić information content (AvgIpc) is 2.10. The summed E-state index contributed by atoms with van der Waals surface area (Å²) in [6, 6.07) is -1.66. The van der Waals surface area contributed by atoms with Crippen LogP contribution in [0.25, 0.3) is 0 Å². The minimum atomic E-state index is -3.27. The zero-order chi connectivity index (χ0) is 12.8. The van der Waals surface area contributed by atoms with Crippen molar-refractivity contribution in [3.63, 3.8) is 0 Å². The smallest absolute Gasteiger partial charge is 0.325 e. The Morgan fingerprint density at radius 2 is 1.88 bits per heavy atom. The zero-order valence-corrected chi connectivity index (χ0v) is 9.80. The van der Waals surface area contributed by atoms with Gasteiger partial charge in [-0.05, 0) is 6.92 Å². The van der Waals surface area contributed by atoms with Gasteiger partial charge in [0.2, 0.25) is 10.0 Å². The van der Waals surface area contributed by atoms with Crippen molar-refractivity contribution >= 4 is 22.0 Å². The molecule has 0 radical (unpaired) electrons. The molecule has 1 atom stereocenters. The number of carboxylic acids is 1. The molecule has 0 aromatic rings. The Morgan fingerprint density at radius 1 is 1.31 bits per heavy atom. The fraction of sp³-hybridized carbons (Fsp3) is 0.714. The van der Waals surface area contributed by atoms with Gasteiger partial charge in [-0.25, -0.2) is 17.9 Å². The van der Waals surface area contributed by atoms with Gasteiger partial charge in [0.05, 0.1) is 6.26 Å². The van der Waals surface area contributed by atoms with Gasteiger partial charge in [-0.3, -0.25) is 4.79 Å². The van der Waals surface area contributed by atoms with E-state index < -0.39 is 28.1 Å². The molecule has 2 amide bonds. The summed E-state index contributed by atoms with van der Waals surface area (Å²) >= 11 is 0. The molecule has 8 nitrogen and oxygen atoms in total. The number of carboxylic acid groups (broad SMARTS) is 1. The molecule has 0 aliphatic carbocycles. The van der Waals surface area contributed by atoms with Crippen molar-refractivity contribution in [3.05, 3.63) is 0 Å². The molecule has 0 aliphatic heterocycles. The molecular weight excluding hydrogens is 238 g/mol. The predicted octanol–water partition coefficient (Wildman–Crippen LogP) is -1.69. The molecule has 0 rings (SSSR count). The van der Waals surface area contributed by atoms with E-state index in [1.807, 2.05) is 0 Å². The maximum atomic E-state index is 11.0. The van der Waals surface area contributed by atoms with E-state index in [1.165, 1.54) is 6.92 Å². The maximum absolute atomic E-state index is 11.0. The molecule has 0 aromatic heterocycles. The van der Waals surface area contributed by atoms with E-state index in [4.69, 9.17) is 5.11 Å². The highest BCUT2D eigenvalue weighted by atomic mass is 32.2. The van der Waals surface area contributed by atoms with Gasteiger partial charge in [0.1, 0.15) is 6.04 Å². The van der Waals surface area contributed by atoms with Crippen LogP contribution in [0, 0.1) is 0 Å². The molecule has 94 valence electrons. The fourth-order valence-corrected chi connectivity index (χ4v) is 1.19. The van der Waals surface area contributed by atoms with E-state index in [0.29, 0.717) is 0 Å². The molecule has 0 bridgehead atoms. The van der Waals surface area contributed by atoms with E-state index in [1.54, 1.807) is 0 Å². The van der Waals surface area contributed by atoms with Gasteiger partial charge in [0, 0.05) is 13.1 Å². The molecular formula is C7H15N3O5S. The highest BCUT2D eigenvalue weighted by Gasteiger charge is 2.12. The van der Waals surface area contributed by atoms with Gasteiger partial charge in [-0.1, -0.05) is 0 Å². The zero-order valence-electron chi connectivity index (χ0n) is 8.98. The van der Waals surface area contributed by atoms with E-state index in [0.717, 1.165) is 6.26 Å². The van der Waals surface area contributed by atoms with Crippen LogP contribution in [0.3, 0.4) is 0 Å². The molecule has 4 N–H and O–H groups in total. The summed E-state index contributed by atoms with van der Waals surface area (Å²) in [4.78, 5) is 21.4. The lowest BCUT2D eigenvalue weighted by Crippen LogP contribution is -2.46. The lowest BCUT2D eigenvalue weighted by atomic mass is 10.3. The fourth-order valence-electron chi connectivity index (χ4n) is 0.722. The second-order valence-corrected chi connectivity index (χ2v) is 4.96. The van der Waals surface area contributed by atoms with Crippen molar-refractivity contribution in [2.45, 2.75) is 13.0 Å². The molecule has 0 saturated heterocycles. The van der Waals surface area contributed by atoms with Crippen LogP contribution in [0.4, 0.5) is 4.79 Å².